The Kier molecular flexibility index (Phi) is 5.64. The third-order valence-corrected chi connectivity index (χ3v) is 4.66. The van der Waals surface area contributed by atoms with Crippen molar-refractivity contribution < 1.29 is 0 Å². The van der Waals surface area contributed by atoms with Gasteiger partial charge >= 0.3 is 0 Å². The van der Waals surface area contributed by atoms with Gasteiger partial charge in [0.2, 0.25) is 0 Å². The molecule has 0 heterocycles. The molecule has 0 aliphatic rings. The van der Waals surface area contributed by atoms with Gasteiger partial charge in [0.25, 0.3) is 0 Å². The maximum absolute atomic E-state index is 2.29. The van der Waals surface area contributed by atoms with Crippen molar-refractivity contribution >= 4 is 14.7 Å². The van der Waals surface area contributed by atoms with Crippen LogP contribution in [0.3, 0.4) is 0 Å². The largest absolute Gasteiger partial charge is 0.115 e. The van der Waals surface area contributed by atoms with E-state index in [4.69, 9.17) is 0 Å². The van der Waals surface area contributed by atoms with Crippen LogP contribution in [0.15, 0.2) is 71.9 Å². The van der Waals surface area contributed by atoms with E-state index in [9.17, 15) is 0 Å². The molecule has 0 amide bonds. The van der Waals surface area contributed by atoms with E-state index in [-0.39, 0.29) is 0 Å². The maximum Gasteiger partial charge on any atom is 0.115 e. The number of hydrogen-bond acceptors (Lipinski definition) is 0. The van der Waals surface area contributed by atoms with Crippen LogP contribution < -0.4 is 5.19 Å². The molecule has 0 aliphatic heterocycles. The summed E-state index contributed by atoms with van der Waals surface area (Å²) in [5.74, 6) is 0. The molecule has 0 nitrogen and oxygen atoms in total. The van der Waals surface area contributed by atoms with Gasteiger partial charge < -0.3 is 0 Å². The first kappa shape index (κ1) is 13.8. The third-order valence-electron chi connectivity index (χ3n) is 3.18. The second-order valence-electron chi connectivity index (χ2n) is 4.64. The molecule has 0 atom stereocenters. The fourth-order valence-corrected chi connectivity index (χ4v) is 3.29. The highest BCUT2D eigenvalue weighted by Crippen LogP contribution is 2.09. The van der Waals surface area contributed by atoms with Crippen LogP contribution >= 0.6 is 0 Å². The molecule has 2 aromatic carbocycles. The quantitative estimate of drug-likeness (QED) is 0.693. The average Bonchev–Trinajstić information content (AvgIpc) is 2.48. The van der Waals surface area contributed by atoms with Crippen LogP contribution in [0.4, 0.5) is 0 Å². The summed E-state index contributed by atoms with van der Waals surface area (Å²) >= 11 is 0. The van der Waals surface area contributed by atoms with Gasteiger partial charge in [0, 0.05) is 0 Å². The smallest absolute Gasteiger partial charge is 0.0924 e. The Hall–Kier alpha value is -1.60. The number of benzene rings is 2. The van der Waals surface area contributed by atoms with Crippen LogP contribution in [0, 0.1) is 0 Å². The molecule has 2 radical (unpaired) electrons. The van der Waals surface area contributed by atoms with Crippen LogP contribution in [-0.4, -0.2) is 9.52 Å². The summed E-state index contributed by atoms with van der Waals surface area (Å²) in [7, 11) is 0.824. The molecule has 0 saturated heterocycles. The molecular formula is C18H20Si. The molecule has 1 heteroatoms. The fraction of sp³-hybridized carbons (Fsp3) is 0.222. The SMILES string of the molecule is C/C=C(\CCCc1ccccc1)[Si]c1ccccc1. The molecule has 0 bridgehead atoms. The molecule has 0 aliphatic carbocycles. The van der Waals surface area contributed by atoms with Crippen molar-refractivity contribution in [3.05, 3.63) is 77.5 Å². The summed E-state index contributed by atoms with van der Waals surface area (Å²) in [5.41, 5.74) is 1.45. The van der Waals surface area contributed by atoms with Gasteiger partial charge in [0.15, 0.2) is 0 Å². The molecule has 0 spiro atoms. The van der Waals surface area contributed by atoms with Gasteiger partial charge in [0.1, 0.15) is 9.52 Å². The first-order valence-electron chi connectivity index (χ1n) is 6.89. The molecule has 2 rings (SSSR count). The molecule has 19 heavy (non-hydrogen) atoms. The third kappa shape index (κ3) is 4.88. The number of aryl methyl sites for hydroxylation is 1. The zero-order valence-corrected chi connectivity index (χ0v) is 12.5. The monoisotopic (exact) mass is 264 g/mol. The highest BCUT2D eigenvalue weighted by Gasteiger charge is 2.01. The maximum atomic E-state index is 2.29. The van der Waals surface area contributed by atoms with Crippen molar-refractivity contribution in [2.45, 2.75) is 26.2 Å². The Bertz CT molecular complexity index is 500. The van der Waals surface area contributed by atoms with E-state index in [1.807, 2.05) is 0 Å². The average molecular weight is 264 g/mol. The summed E-state index contributed by atoms with van der Waals surface area (Å²) in [6.07, 6.45) is 5.91. The van der Waals surface area contributed by atoms with E-state index < -0.39 is 0 Å². The minimum atomic E-state index is 0.824. The lowest BCUT2D eigenvalue weighted by Crippen LogP contribution is -2.15. The summed E-state index contributed by atoms with van der Waals surface area (Å²) in [6.45, 7) is 2.16. The Morgan fingerprint density at radius 3 is 2.21 bits per heavy atom. The van der Waals surface area contributed by atoms with Crippen molar-refractivity contribution in [2.75, 3.05) is 0 Å². The van der Waals surface area contributed by atoms with Crippen molar-refractivity contribution in [3.63, 3.8) is 0 Å². The van der Waals surface area contributed by atoms with Crippen molar-refractivity contribution in [1.82, 2.24) is 0 Å². The highest BCUT2D eigenvalue weighted by atomic mass is 28.2. The summed E-state index contributed by atoms with van der Waals surface area (Å²) in [4.78, 5) is 0. The Labute approximate surface area is 119 Å². The molecule has 0 saturated carbocycles. The molecule has 0 unspecified atom stereocenters. The van der Waals surface area contributed by atoms with Gasteiger partial charge in [-0.25, -0.2) is 0 Å². The van der Waals surface area contributed by atoms with Gasteiger partial charge in [-0.2, -0.15) is 0 Å². The first-order valence-corrected chi connectivity index (χ1v) is 7.89. The normalized spacial score (nSPS) is 11.5. The fourth-order valence-electron chi connectivity index (χ4n) is 2.11. The van der Waals surface area contributed by atoms with Crippen molar-refractivity contribution in [3.8, 4) is 0 Å². The first-order chi connectivity index (χ1) is 9.38. The zero-order valence-electron chi connectivity index (χ0n) is 11.5. The van der Waals surface area contributed by atoms with E-state index in [1.165, 1.54) is 30.0 Å². The lowest BCUT2D eigenvalue weighted by atomic mass is 10.1. The lowest BCUT2D eigenvalue weighted by molar-refractivity contribution is 0.832. The van der Waals surface area contributed by atoms with Gasteiger partial charge in [-0.05, 0) is 31.7 Å². The number of rotatable bonds is 6. The van der Waals surface area contributed by atoms with E-state index in [0.717, 1.165) is 9.52 Å². The van der Waals surface area contributed by atoms with Gasteiger partial charge in [-0.15, -0.1) is 0 Å². The molecule has 0 N–H and O–H groups in total. The van der Waals surface area contributed by atoms with E-state index in [1.54, 1.807) is 5.20 Å². The molecule has 2 aromatic rings. The van der Waals surface area contributed by atoms with E-state index >= 15 is 0 Å². The summed E-state index contributed by atoms with van der Waals surface area (Å²) in [5, 5.41) is 3.01. The molecular weight excluding hydrogens is 244 g/mol. The summed E-state index contributed by atoms with van der Waals surface area (Å²) in [6, 6.07) is 21.5. The van der Waals surface area contributed by atoms with E-state index in [0.29, 0.717) is 0 Å². The zero-order chi connectivity index (χ0) is 13.3. The van der Waals surface area contributed by atoms with Crippen LogP contribution in [0.25, 0.3) is 0 Å². The van der Waals surface area contributed by atoms with Gasteiger partial charge in [0.05, 0.1) is 0 Å². The van der Waals surface area contributed by atoms with Gasteiger partial charge in [-0.3, -0.25) is 0 Å². The minimum Gasteiger partial charge on any atom is -0.0924 e. The molecule has 96 valence electrons. The van der Waals surface area contributed by atoms with Crippen LogP contribution in [0.1, 0.15) is 25.3 Å². The number of hydrogen-bond donors (Lipinski definition) is 0. The Morgan fingerprint density at radius 2 is 1.58 bits per heavy atom. The van der Waals surface area contributed by atoms with Crippen LogP contribution in [0.5, 0.6) is 0 Å². The predicted molar refractivity (Wildman–Crippen MR) is 85.0 cm³/mol. The Morgan fingerprint density at radius 1 is 0.947 bits per heavy atom. The molecule has 0 aromatic heterocycles. The number of allylic oxidation sites excluding steroid dienone is 2. The lowest BCUT2D eigenvalue weighted by Gasteiger charge is -2.06. The second kappa shape index (κ2) is 7.75. The minimum absolute atomic E-state index is 0.824. The van der Waals surface area contributed by atoms with Crippen LogP contribution in [0.2, 0.25) is 0 Å². The van der Waals surface area contributed by atoms with Crippen molar-refractivity contribution in [1.29, 1.82) is 0 Å². The topological polar surface area (TPSA) is 0 Å². The van der Waals surface area contributed by atoms with Gasteiger partial charge in [-0.1, -0.05) is 77.1 Å². The summed E-state index contributed by atoms with van der Waals surface area (Å²) < 4.78 is 0. The Balaban J connectivity index is 1.81. The molecule has 0 fully saturated rings. The predicted octanol–water partition coefficient (Wildman–Crippen LogP) is 3.94. The highest BCUT2D eigenvalue weighted by molar-refractivity contribution is 6.60. The van der Waals surface area contributed by atoms with Crippen LogP contribution in [-0.2, 0) is 6.42 Å². The second-order valence-corrected chi connectivity index (χ2v) is 6.11. The standard InChI is InChI=1S/C18H20Si/c1-2-17(19-18-13-7-4-8-14-18)15-9-12-16-10-5-3-6-11-16/h2-8,10-11,13-14H,9,12,15H2,1H3/b17-2+. The van der Waals surface area contributed by atoms with E-state index in [2.05, 4.69) is 73.7 Å². The van der Waals surface area contributed by atoms with Crippen molar-refractivity contribution in [2.24, 2.45) is 0 Å².